The van der Waals surface area contributed by atoms with Crippen LogP contribution < -0.4 is 19.7 Å². The first-order valence-electron chi connectivity index (χ1n) is 9.91. The maximum absolute atomic E-state index is 12.8. The fourth-order valence-electron chi connectivity index (χ4n) is 3.94. The van der Waals surface area contributed by atoms with Crippen LogP contribution in [0.3, 0.4) is 0 Å². The number of hydrogen-bond acceptors (Lipinski definition) is 5. The van der Waals surface area contributed by atoms with E-state index in [1.54, 1.807) is 7.11 Å². The molecule has 1 fully saturated rings. The van der Waals surface area contributed by atoms with Gasteiger partial charge in [0.2, 0.25) is 5.91 Å². The summed E-state index contributed by atoms with van der Waals surface area (Å²) < 4.78 is 11.1. The number of benzene rings is 1. The Morgan fingerprint density at radius 3 is 2.82 bits per heavy atom. The molecule has 0 spiro atoms. The molecule has 0 saturated carbocycles. The van der Waals surface area contributed by atoms with Gasteiger partial charge >= 0.3 is 0 Å². The van der Waals surface area contributed by atoms with Crippen molar-refractivity contribution in [2.75, 3.05) is 31.7 Å². The Morgan fingerprint density at radius 1 is 1.25 bits per heavy atom. The minimum atomic E-state index is -0.156. The van der Waals surface area contributed by atoms with Crippen LogP contribution in [0.25, 0.3) is 0 Å². The average molecular weight is 381 g/mol. The predicted molar refractivity (Wildman–Crippen MR) is 108 cm³/mol. The van der Waals surface area contributed by atoms with Gasteiger partial charge in [0.15, 0.2) is 0 Å². The molecule has 0 aliphatic carbocycles. The molecule has 0 radical (unpaired) electrons. The molecule has 28 heavy (non-hydrogen) atoms. The number of nitrogens with one attached hydrogen (secondary N) is 1. The highest BCUT2D eigenvalue weighted by Crippen LogP contribution is 2.31. The molecule has 2 aromatic rings. The van der Waals surface area contributed by atoms with Gasteiger partial charge in [0.05, 0.1) is 13.0 Å². The Kier molecular flexibility index (Phi) is 5.37. The van der Waals surface area contributed by atoms with Gasteiger partial charge in [0, 0.05) is 24.8 Å². The number of ether oxygens (including phenoxy) is 2. The van der Waals surface area contributed by atoms with Crippen LogP contribution in [0.5, 0.6) is 11.5 Å². The van der Waals surface area contributed by atoms with Crippen molar-refractivity contribution in [1.29, 1.82) is 0 Å². The van der Waals surface area contributed by atoms with Crippen LogP contribution in [-0.2, 0) is 11.2 Å². The molecule has 3 heterocycles. The van der Waals surface area contributed by atoms with Crippen LogP contribution in [0.1, 0.15) is 24.1 Å². The molecule has 6 nitrogen and oxygen atoms in total. The van der Waals surface area contributed by atoms with E-state index in [2.05, 4.69) is 21.3 Å². The summed E-state index contributed by atoms with van der Waals surface area (Å²) in [7, 11) is 1.65. The molecule has 2 aliphatic rings. The fourth-order valence-corrected chi connectivity index (χ4v) is 3.94. The van der Waals surface area contributed by atoms with Crippen LogP contribution in [0, 0.1) is 12.8 Å². The number of carbonyl (C=O) groups is 1. The molecule has 1 unspecified atom stereocenters. The van der Waals surface area contributed by atoms with Crippen molar-refractivity contribution in [1.82, 2.24) is 10.3 Å². The van der Waals surface area contributed by atoms with Crippen molar-refractivity contribution >= 4 is 11.7 Å². The monoisotopic (exact) mass is 381 g/mol. The summed E-state index contributed by atoms with van der Waals surface area (Å²) in [5.74, 6) is 2.59. The molecular formula is C22H27N3O3. The summed E-state index contributed by atoms with van der Waals surface area (Å²) in [4.78, 5) is 19.7. The van der Waals surface area contributed by atoms with Crippen LogP contribution in [0.4, 0.5) is 5.82 Å². The number of methoxy groups -OCH3 is 1. The van der Waals surface area contributed by atoms with Crippen molar-refractivity contribution < 1.29 is 14.3 Å². The second-order valence-corrected chi connectivity index (χ2v) is 7.59. The predicted octanol–water partition coefficient (Wildman–Crippen LogP) is 2.73. The standard InChI is InChI=1S/C22H27N3O3/c1-15-4-3-5-21(23-15)25-10-8-18(9-11-25)24-22(26)17-12-16-13-19(27-2)6-7-20(16)28-14-17/h3-7,13,17-18H,8-12,14H2,1-2H3,(H,24,26). The summed E-state index contributed by atoms with van der Waals surface area (Å²) in [5.41, 5.74) is 2.06. The summed E-state index contributed by atoms with van der Waals surface area (Å²) in [6, 6.07) is 12.1. The maximum Gasteiger partial charge on any atom is 0.227 e. The Bertz CT molecular complexity index is 847. The minimum absolute atomic E-state index is 0.0839. The smallest absolute Gasteiger partial charge is 0.227 e. The summed E-state index contributed by atoms with van der Waals surface area (Å²) in [5, 5.41) is 3.23. The van der Waals surface area contributed by atoms with Crippen LogP contribution >= 0.6 is 0 Å². The number of hydrogen-bond donors (Lipinski definition) is 1. The highest BCUT2D eigenvalue weighted by Gasteiger charge is 2.29. The molecule has 1 saturated heterocycles. The molecule has 6 heteroatoms. The topological polar surface area (TPSA) is 63.7 Å². The van der Waals surface area contributed by atoms with Crippen LogP contribution in [0.2, 0.25) is 0 Å². The van der Waals surface area contributed by atoms with Gasteiger partial charge in [-0.05, 0) is 62.1 Å². The van der Waals surface area contributed by atoms with Gasteiger partial charge < -0.3 is 19.7 Å². The highest BCUT2D eigenvalue weighted by molar-refractivity contribution is 5.80. The summed E-state index contributed by atoms with van der Waals surface area (Å²) >= 11 is 0. The average Bonchev–Trinajstić information content (AvgIpc) is 2.73. The lowest BCUT2D eigenvalue weighted by molar-refractivity contribution is -0.127. The number of rotatable bonds is 4. The third kappa shape index (κ3) is 4.06. The van der Waals surface area contributed by atoms with Gasteiger partial charge in [0.25, 0.3) is 0 Å². The molecule has 1 aromatic carbocycles. The first-order valence-corrected chi connectivity index (χ1v) is 9.91. The number of aryl methyl sites for hydroxylation is 1. The van der Waals surface area contributed by atoms with Gasteiger partial charge in [-0.15, -0.1) is 0 Å². The first-order chi connectivity index (χ1) is 13.6. The number of fused-ring (bicyclic) bond motifs is 1. The Hall–Kier alpha value is -2.76. The number of carbonyl (C=O) groups excluding carboxylic acids is 1. The van der Waals surface area contributed by atoms with E-state index >= 15 is 0 Å². The molecule has 1 amide bonds. The van der Waals surface area contributed by atoms with E-state index in [1.165, 1.54) is 0 Å². The molecule has 4 rings (SSSR count). The third-order valence-corrected chi connectivity index (χ3v) is 5.58. The Morgan fingerprint density at radius 2 is 2.07 bits per heavy atom. The second-order valence-electron chi connectivity index (χ2n) is 7.59. The van der Waals surface area contributed by atoms with Crippen molar-refractivity contribution in [3.05, 3.63) is 47.7 Å². The lowest BCUT2D eigenvalue weighted by Gasteiger charge is -2.34. The van der Waals surface area contributed by atoms with E-state index in [-0.39, 0.29) is 17.9 Å². The van der Waals surface area contributed by atoms with Crippen molar-refractivity contribution in [2.45, 2.75) is 32.2 Å². The molecule has 0 bridgehead atoms. The molecule has 148 valence electrons. The number of piperidine rings is 1. The molecular weight excluding hydrogens is 354 g/mol. The van der Waals surface area contributed by atoms with Crippen LogP contribution in [0.15, 0.2) is 36.4 Å². The van der Waals surface area contributed by atoms with E-state index in [4.69, 9.17) is 9.47 Å². The first kappa shape index (κ1) is 18.6. The normalized spacial score (nSPS) is 19.5. The molecule has 1 aromatic heterocycles. The van der Waals surface area contributed by atoms with E-state index < -0.39 is 0 Å². The SMILES string of the molecule is COc1ccc2c(c1)CC(C(=O)NC1CCN(c3cccc(C)n3)CC1)CO2. The van der Waals surface area contributed by atoms with Gasteiger partial charge in [-0.2, -0.15) is 0 Å². The van der Waals surface area contributed by atoms with Crippen LogP contribution in [-0.4, -0.2) is 43.7 Å². The number of pyridine rings is 1. The van der Waals surface area contributed by atoms with E-state index in [0.29, 0.717) is 13.0 Å². The number of anilines is 1. The second kappa shape index (κ2) is 8.09. The van der Waals surface area contributed by atoms with Crippen molar-refractivity contribution in [2.24, 2.45) is 5.92 Å². The Labute approximate surface area is 165 Å². The maximum atomic E-state index is 12.8. The quantitative estimate of drug-likeness (QED) is 0.882. The zero-order valence-corrected chi connectivity index (χ0v) is 16.5. The minimum Gasteiger partial charge on any atom is -0.497 e. The fraction of sp³-hybridized carbons (Fsp3) is 0.455. The van der Waals surface area contributed by atoms with E-state index in [1.807, 2.05) is 37.3 Å². The van der Waals surface area contributed by atoms with E-state index in [0.717, 1.165) is 54.5 Å². The van der Waals surface area contributed by atoms with Gasteiger partial charge in [-0.1, -0.05) is 6.07 Å². The number of aromatic nitrogens is 1. The van der Waals surface area contributed by atoms with E-state index in [9.17, 15) is 4.79 Å². The van der Waals surface area contributed by atoms with Gasteiger partial charge in [-0.3, -0.25) is 4.79 Å². The molecule has 1 N–H and O–H groups in total. The highest BCUT2D eigenvalue weighted by atomic mass is 16.5. The largest absolute Gasteiger partial charge is 0.497 e. The lowest BCUT2D eigenvalue weighted by Crippen LogP contribution is -2.48. The number of nitrogens with zero attached hydrogens (tertiary/aromatic N) is 2. The van der Waals surface area contributed by atoms with Gasteiger partial charge in [0.1, 0.15) is 23.9 Å². The number of amides is 1. The summed E-state index contributed by atoms with van der Waals surface area (Å²) in [6.45, 7) is 4.25. The zero-order valence-electron chi connectivity index (χ0n) is 16.5. The zero-order chi connectivity index (χ0) is 19.5. The van der Waals surface area contributed by atoms with Crippen molar-refractivity contribution in [3.8, 4) is 11.5 Å². The molecule has 2 aliphatic heterocycles. The van der Waals surface area contributed by atoms with Gasteiger partial charge in [-0.25, -0.2) is 4.98 Å². The third-order valence-electron chi connectivity index (χ3n) is 5.58. The molecule has 1 atom stereocenters. The van der Waals surface area contributed by atoms with Crippen molar-refractivity contribution in [3.63, 3.8) is 0 Å². The Balaban J connectivity index is 1.31. The summed E-state index contributed by atoms with van der Waals surface area (Å²) in [6.07, 6.45) is 2.54. The lowest BCUT2D eigenvalue weighted by atomic mass is 9.94.